The Balaban J connectivity index is 1.29. The number of hydrogen-bond acceptors (Lipinski definition) is 6. The lowest BCUT2D eigenvalue weighted by molar-refractivity contribution is -0.156. The van der Waals surface area contributed by atoms with Gasteiger partial charge in [-0.05, 0) is 157 Å². The van der Waals surface area contributed by atoms with Crippen LogP contribution in [0.1, 0.15) is 138 Å². The molecule has 4 rings (SSSR count). The van der Waals surface area contributed by atoms with Crippen LogP contribution in [-0.2, 0) is 9.53 Å². The van der Waals surface area contributed by atoms with Gasteiger partial charge < -0.3 is 21.1 Å². The topological polar surface area (TPSA) is 102 Å². The fraction of sp³-hybridized carbons (Fsp3) is 0.923. The van der Waals surface area contributed by atoms with Crippen LogP contribution in [0, 0.1) is 46.3 Å². The first kappa shape index (κ1) is 37.0. The lowest BCUT2D eigenvalue weighted by atomic mass is 9.47. The van der Waals surface area contributed by atoms with Crippen LogP contribution in [0.3, 0.4) is 0 Å². The zero-order valence-corrected chi connectivity index (χ0v) is 30.2. The van der Waals surface area contributed by atoms with Gasteiger partial charge in [0.1, 0.15) is 0 Å². The summed E-state index contributed by atoms with van der Waals surface area (Å²) in [6.07, 6.45) is 20.6. The molecule has 4 aliphatic carbocycles. The molecule has 0 spiro atoms. The van der Waals surface area contributed by atoms with Crippen molar-refractivity contribution in [1.29, 1.82) is 0 Å². The second kappa shape index (κ2) is 16.5. The lowest BCUT2D eigenvalue weighted by Crippen LogP contribution is -2.55. The summed E-state index contributed by atoms with van der Waals surface area (Å²) >= 11 is 0. The Morgan fingerprint density at radius 3 is 2.36 bits per heavy atom. The molecule has 4 aliphatic rings. The smallest absolute Gasteiger partial charge is 0.177 e. The van der Waals surface area contributed by atoms with Gasteiger partial charge in [0.15, 0.2) is 11.5 Å². The van der Waals surface area contributed by atoms with Gasteiger partial charge in [0, 0.05) is 6.42 Å². The maximum absolute atomic E-state index is 12.8. The number of carbonyl (C=O) groups is 1. The van der Waals surface area contributed by atoms with E-state index in [-0.39, 0.29) is 17.3 Å². The fourth-order valence-electron chi connectivity index (χ4n) is 10.6. The quantitative estimate of drug-likeness (QED) is 0.0678. The van der Waals surface area contributed by atoms with Gasteiger partial charge in [0.2, 0.25) is 0 Å². The predicted molar refractivity (Wildman–Crippen MR) is 189 cm³/mol. The van der Waals surface area contributed by atoms with Gasteiger partial charge in [-0.25, -0.2) is 0 Å². The van der Waals surface area contributed by atoms with E-state index in [4.69, 9.17) is 16.2 Å². The summed E-state index contributed by atoms with van der Waals surface area (Å²) in [7, 11) is 0. The standard InChI is InChI=1S/C39H72N4O2/c1-28(2)11-9-12-29(3)34-15-16-35-33-14-13-31-27-32(17-19-37(31,5)36(33)18-20-38(34,35)6)45-39(41,30(4)44)21-26-43-24-8-7-23-42-25-10-22-40/h13,28-29,32-36,42-43H,7-12,14-27,40-41H2,1-6H3/t29-,32?,33?,34-,35?,36?,37+,38-,39?/m1/s1. The van der Waals surface area contributed by atoms with Crippen molar-refractivity contribution in [3.63, 3.8) is 0 Å². The second-order valence-electron chi connectivity index (χ2n) is 16.8. The first-order valence-electron chi connectivity index (χ1n) is 19.2. The summed E-state index contributed by atoms with van der Waals surface area (Å²) in [5.41, 5.74) is 13.4. The van der Waals surface area contributed by atoms with Crippen LogP contribution in [0.2, 0.25) is 0 Å². The van der Waals surface area contributed by atoms with E-state index in [1.54, 1.807) is 12.5 Å². The second-order valence-corrected chi connectivity index (χ2v) is 16.8. The highest BCUT2D eigenvalue weighted by Gasteiger charge is 2.59. The zero-order chi connectivity index (χ0) is 32.7. The SMILES string of the molecule is CC(=O)C(N)(CCNCCCCNCCCN)OC1CC[C@@]2(C)C(=CCC3C2CC[C@@]2(C)C3CC[C@@H]2[C@H](C)CCCC(C)C)C1. The molecule has 6 heteroatoms. The maximum atomic E-state index is 12.8. The van der Waals surface area contributed by atoms with E-state index >= 15 is 0 Å². The number of carbonyl (C=O) groups excluding carboxylic acids is 1. The number of hydrogen-bond donors (Lipinski definition) is 4. The molecule has 0 amide bonds. The van der Waals surface area contributed by atoms with Crippen molar-refractivity contribution >= 4 is 5.78 Å². The summed E-state index contributed by atoms with van der Waals surface area (Å²) in [4.78, 5) is 12.8. The summed E-state index contributed by atoms with van der Waals surface area (Å²) in [6.45, 7) is 18.6. The summed E-state index contributed by atoms with van der Waals surface area (Å²) in [6, 6.07) is 0. The molecule has 0 aromatic heterocycles. The number of fused-ring (bicyclic) bond motifs is 5. The van der Waals surface area contributed by atoms with Crippen molar-refractivity contribution in [3.05, 3.63) is 11.6 Å². The number of rotatable bonds is 19. The van der Waals surface area contributed by atoms with Crippen molar-refractivity contribution < 1.29 is 9.53 Å². The predicted octanol–water partition coefficient (Wildman–Crippen LogP) is 7.36. The Labute approximate surface area is 277 Å². The lowest BCUT2D eigenvalue weighted by Gasteiger charge is -2.58. The van der Waals surface area contributed by atoms with Gasteiger partial charge in [-0.15, -0.1) is 0 Å². The van der Waals surface area contributed by atoms with E-state index in [1.807, 2.05) is 0 Å². The number of ketones is 1. The van der Waals surface area contributed by atoms with Gasteiger partial charge in [-0.1, -0.05) is 65.5 Å². The monoisotopic (exact) mass is 629 g/mol. The maximum Gasteiger partial charge on any atom is 0.177 e. The Morgan fingerprint density at radius 1 is 0.956 bits per heavy atom. The average Bonchev–Trinajstić information content (AvgIpc) is 3.35. The minimum atomic E-state index is -1.20. The number of allylic oxidation sites excluding steroid dienone is 1. The molecule has 0 radical (unpaired) electrons. The van der Waals surface area contributed by atoms with Crippen LogP contribution in [-0.4, -0.2) is 50.3 Å². The van der Waals surface area contributed by atoms with E-state index in [9.17, 15) is 4.79 Å². The number of ether oxygens (including phenoxy) is 1. The Bertz CT molecular complexity index is 969. The third-order valence-corrected chi connectivity index (χ3v) is 13.4. The van der Waals surface area contributed by atoms with E-state index in [1.165, 1.54) is 51.4 Å². The van der Waals surface area contributed by atoms with E-state index in [2.05, 4.69) is 51.3 Å². The zero-order valence-electron chi connectivity index (χ0n) is 30.2. The number of Topliss-reactive ketones (excluding diaryl/α,β-unsaturated/α-hetero) is 1. The third kappa shape index (κ3) is 8.82. The Kier molecular flexibility index (Phi) is 13.6. The summed E-state index contributed by atoms with van der Waals surface area (Å²) in [5.74, 6) is 5.04. The first-order valence-corrected chi connectivity index (χ1v) is 19.2. The molecule has 0 aliphatic heterocycles. The molecule has 3 fully saturated rings. The molecular weight excluding hydrogens is 556 g/mol. The molecule has 0 saturated heterocycles. The Morgan fingerprint density at radius 2 is 1.67 bits per heavy atom. The van der Waals surface area contributed by atoms with Crippen LogP contribution in [0.25, 0.3) is 0 Å². The number of nitrogens with one attached hydrogen (secondary N) is 2. The van der Waals surface area contributed by atoms with Crippen LogP contribution >= 0.6 is 0 Å². The van der Waals surface area contributed by atoms with Crippen molar-refractivity contribution in [2.45, 2.75) is 150 Å². The molecule has 0 aromatic carbocycles. The van der Waals surface area contributed by atoms with Crippen LogP contribution in [0.4, 0.5) is 0 Å². The summed E-state index contributed by atoms with van der Waals surface area (Å²) < 4.78 is 6.55. The molecule has 5 unspecified atom stereocenters. The van der Waals surface area contributed by atoms with E-state index < -0.39 is 5.72 Å². The number of unbranched alkanes of at least 4 members (excludes halogenated alkanes) is 1. The largest absolute Gasteiger partial charge is 0.350 e. The molecule has 260 valence electrons. The van der Waals surface area contributed by atoms with Crippen molar-refractivity contribution in [2.24, 2.45) is 57.8 Å². The molecule has 3 saturated carbocycles. The van der Waals surface area contributed by atoms with Crippen molar-refractivity contribution in [2.75, 3.05) is 32.7 Å². The minimum Gasteiger partial charge on any atom is -0.350 e. The third-order valence-electron chi connectivity index (χ3n) is 13.4. The van der Waals surface area contributed by atoms with Crippen molar-refractivity contribution in [1.82, 2.24) is 10.6 Å². The van der Waals surface area contributed by atoms with Crippen LogP contribution in [0.15, 0.2) is 11.6 Å². The molecule has 9 atom stereocenters. The molecule has 6 N–H and O–H groups in total. The summed E-state index contributed by atoms with van der Waals surface area (Å²) in [5, 5.41) is 6.92. The highest BCUT2D eigenvalue weighted by molar-refractivity contribution is 5.84. The van der Waals surface area contributed by atoms with Gasteiger partial charge >= 0.3 is 0 Å². The van der Waals surface area contributed by atoms with Crippen LogP contribution in [0.5, 0.6) is 0 Å². The number of nitrogens with two attached hydrogens (primary N) is 2. The average molecular weight is 629 g/mol. The van der Waals surface area contributed by atoms with Gasteiger partial charge in [-0.2, -0.15) is 0 Å². The van der Waals surface area contributed by atoms with Gasteiger partial charge in [-0.3, -0.25) is 10.5 Å². The molecule has 0 aromatic rings. The minimum absolute atomic E-state index is 0.0331. The van der Waals surface area contributed by atoms with Gasteiger partial charge in [0.25, 0.3) is 0 Å². The van der Waals surface area contributed by atoms with E-state index in [0.717, 1.165) is 100 Å². The molecule has 0 bridgehead atoms. The highest BCUT2D eigenvalue weighted by Crippen LogP contribution is 2.67. The molecule has 0 heterocycles. The normalized spacial score (nSPS) is 34.9. The molecule has 45 heavy (non-hydrogen) atoms. The van der Waals surface area contributed by atoms with Gasteiger partial charge in [0.05, 0.1) is 6.10 Å². The highest BCUT2D eigenvalue weighted by atomic mass is 16.5. The fourth-order valence-corrected chi connectivity index (χ4v) is 10.6. The first-order chi connectivity index (χ1) is 21.4. The molecular formula is C39H72N4O2. The van der Waals surface area contributed by atoms with Crippen molar-refractivity contribution in [3.8, 4) is 0 Å². The van der Waals surface area contributed by atoms with E-state index in [0.29, 0.717) is 18.4 Å². The molecule has 6 nitrogen and oxygen atoms in total. The van der Waals surface area contributed by atoms with Crippen LogP contribution < -0.4 is 22.1 Å². The Hall–Kier alpha value is -0.790.